The summed E-state index contributed by atoms with van der Waals surface area (Å²) < 4.78 is 0. The fourth-order valence-electron chi connectivity index (χ4n) is 1.88. The highest BCUT2D eigenvalue weighted by molar-refractivity contribution is 5.84. The van der Waals surface area contributed by atoms with E-state index in [-0.39, 0.29) is 0 Å². The SMILES string of the molecule is C=Cc1cccc2c1CCC(=O)C2. The number of hydrogen-bond donors (Lipinski definition) is 0. The van der Waals surface area contributed by atoms with Crippen LogP contribution < -0.4 is 0 Å². The van der Waals surface area contributed by atoms with Crippen molar-refractivity contribution in [3.8, 4) is 0 Å². The molecule has 0 unspecified atom stereocenters. The van der Waals surface area contributed by atoms with Gasteiger partial charge >= 0.3 is 0 Å². The van der Waals surface area contributed by atoms with Crippen molar-refractivity contribution in [3.05, 3.63) is 41.5 Å². The maximum absolute atomic E-state index is 11.2. The Morgan fingerprint density at radius 1 is 1.31 bits per heavy atom. The Bertz CT molecular complexity index is 363. The van der Waals surface area contributed by atoms with Crippen molar-refractivity contribution >= 4 is 11.9 Å². The molecule has 66 valence electrons. The summed E-state index contributed by atoms with van der Waals surface area (Å²) in [5.41, 5.74) is 3.69. The molecule has 0 aliphatic heterocycles. The van der Waals surface area contributed by atoms with E-state index in [1.54, 1.807) is 0 Å². The van der Waals surface area contributed by atoms with E-state index < -0.39 is 0 Å². The Morgan fingerprint density at radius 3 is 2.92 bits per heavy atom. The molecule has 1 aromatic carbocycles. The van der Waals surface area contributed by atoms with Crippen LogP contribution in [0.5, 0.6) is 0 Å². The van der Waals surface area contributed by atoms with Crippen molar-refractivity contribution in [1.29, 1.82) is 0 Å². The molecule has 1 nitrogen and oxygen atoms in total. The number of carbonyl (C=O) groups is 1. The Hall–Kier alpha value is -1.37. The van der Waals surface area contributed by atoms with Crippen LogP contribution in [-0.4, -0.2) is 5.78 Å². The zero-order valence-corrected chi connectivity index (χ0v) is 7.55. The topological polar surface area (TPSA) is 17.1 Å². The summed E-state index contributed by atoms with van der Waals surface area (Å²) in [6.45, 7) is 3.77. The van der Waals surface area contributed by atoms with Crippen LogP contribution in [0.3, 0.4) is 0 Å². The Morgan fingerprint density at radius 2 is 2.15 bits per heavy atom. The summed E-state index contributed by atoms with van der Waals surface area (Å²) in [5.74, 6) is 0.355. The molecule has 0 bridgehead atoms. The fraction of sp³-hybridized carbons (Fsp3) is 0.250. The predicted molar refractivity (Wildman–Crippen MR) is 53.6 cm³/mol. The first-order valence-electron chi connectivity index (χ1n) is 4.56. The van der Waals surface area contributed by atoms with Crippen LogP contribution in [0.1, 0.15) is 23.1 Å². The minimum atomic E-state index is 0.355. The standard InChI is InChI=1S/C12H12O/c1-2-9-4-3-5-10-8-11(13)6-7-12(9)10/h2-5H,1,6-8H2. The molecule has 0 saturated carbocycles. The van der Waals surface area contributed by atoms with Crippen LogP contribution in [0, 0.1) is 0 Å². The summed E-state index contributed by atoms with van der Waals surface area (Å²) in [6, 6.07) is 6.09. The second-order valence-electron chi connectivity index (χ2n) is 3.40. The van der Waals surface area contributed by atoms with Gasteiger partial charge in [0.2, 0.25) is 0 Å². The number of benzene rings is 1. The van der Waals surface area contributed by atoms with Gasteiger partial charge in [0.1, 0.15) is 5.78 Å². The zero-order chi connectivity index (χ0) is 9.26. The first kappa shape index (κ1) is 8.24. The highest BCUT2D eigenvalue weighted by Crippen LogP contribution is 2.23. The average Bonchev–Trinajstić information content (AvgIpc) is 2.16. The molecule has 0 radical (unpaired) electrons. The van der Waals surface area contributed by atoms with Crippen molar-refractivity contribution < 1.29 is 4.79 Å². The van der Waals surface area contributed by atoms with Gasteiger partial charge in [0.05, 0.1) is 0 Å². The molecule has 1 aromatic rings. The van der Waals surface area contributed by atoms with Gasteiger partial charge in [-0.1, -0.05) is 30.9 Å². The van der Waals surface area contributed by atoms with Gasteiger partial charge < -0.3 is 0 Å². The van der Waals surface area contributed by atoms with E-state index in [0.717, 1.165) is 6.42 Å². The van der Waals surface area contributed by atoms with Gasteiger partial charge in [0, 0.05) is 12.8 Å². The largest absolute Gasteiger partial charge is 0.299 e. The third-order valence-corrected chi connectivity index (χ3v) is 2.57. The first-order chi connectivity index (χ1) is 6.31. The second-order valence-corrected chi connectivity index (χ2v) is 3.40. The van der Waals surface area contributed by atoms with Gasteiger partial charge in [0.25, 0.3) is 0 Å². The molecule has 0 atom stereocenters. The highest BCUT2D eigenvalue weighted by Gasteiger charge is 2.16. The molecule has 0 saturated heterocycles. The van der Waals surface area contributed by atoms with Gasteiger partial charge in [-0.3, -0.25) is 4.79 Å². The van der Waals surface area contributed by atoms with Crippen LogP contribution >= 0.6 is 0 Å². The third-order valence-electron chi connectivity index (χ3n) is 2.57. The molecule has 1 heteroatoms. The lowest BCUT2D eigenvalue weighted by molar-refractivity contribution is -0.118. The van der Waals surface area contributed by atoms with Crippen LogP contribution in [0.2, 0.25) is 0 Å². The predicted octanol–water partition coefficient (Wildman–Crippen LogP) is 2.39. The lowest BCUT2D eigenvalue weighted by Crippen LogP contribution is -2.13. The first-order valence-corrected chi connectivity index (χ1v) is 4.56. The van der Waals surface area contributed by atoms with Crippen molar-refractivity contribution in [2.45, 2.75) is 19.3 Å². The molecule has 2 rings (SSSR count). The highest BCUT2D eigenvalue weighted by atomic mass is 16.1. The molecule has 0 amide bonds. The van der Waals surface area contributed by atoms with E-state index in [1.807, 2.05) is 18.2 Å². The van der Waals surface area contributed by atoms with E-state index in [4.69, 9.17) is 0 Å². The Balaban J connectivity index is 2.51. The van der Waals surface area contributed by atoms with Gasteiger partial charge in [-0.2, -0.15) is 0 Å². The van der Waals surface area contributed by atoms with Gasteiger partial charge in [0.15, 0.2) is 0 Å². The number of Topliss-reactive ketones (excluding diaryl/α,β-unsaturated/α-hetero) is 1. The molecule has 0 fully saturated rings. The number of fused-ring (bicyclic) bond motifs is 1. The fourth-order valence-corrected chi connectivity index (χ4v) is 1.88. The molecule has 13 heavy (non-hydrogen) atoms. The lowest BCUT2D eigenvalue weighted by atomic mass is 9.87. The zero-order valence-electron chi connectivity index (χ0n) is 7.55. The monoisotopic (exact) mass is 172 g/mol. The number of carbonyl (C=O) groups excluding carboxylic acids is 1. The molecular formula is C12H12O. The number of ketones is 1. The van der Waals surface area contributed by atoms with Gasteiger partial charge in [-0.05, 0) is 23.1 Å². The Kier molecular flexibility index (Phi) is 2.01. The smallest absolute Gasteiger partial charge is 0.137 e. The maximum Gasteiger partial charge on any atom is 0.137 e. The van der Waals surface area contributed by atoms with E-state index in [9.17, 15) is 4.79 Å². The summed E-state index contributed by atoms with van der Waals surface area (Å²) >= 11 is 0. The van der Waals surface area contributed by atoms with Gasteiger partial charge in [-0.15, -0.1) is 0 Å². The summed E-state index contributed by atoms with van der Waals surface area (Å²) in [6.07, 6.45) is 4.06. The third kappa shape index (κ3) is 1.42. The van der Waals surface area contributed by atoms with Crippen LogP contribution in [0.15, 0.2) is 24.8 Å². The van der Waals surface area contributed by atoms with E-state index in [0.29, 0.717) is 18.6 Å². The van der Waals surface area contributed by atoms with Gasteiger partial charge in [-0.25, -0.2) is 0 Å². The number of hydrogen-bond acceptors (Lipinski definition) is 1. The normalized spacial score (nSPS) is 15.2. The molecule has 1 aliphatic rings. The second kappa shape index (κ2) is 3.17. The minimum Gasteiger partial charge on any atom is -0.299 e. The minimum absolute atomic E-state index is 0.355. The quantitative estimate of drug-likeness (QED) is 0.635. The molecule has 0 N–H and O–H groups in total. The summed E-state index contributed by atoms with van der Waals surface area (Å²) in [7, 11) is 0. The van der Waals surface area contributed by atoms with Crippen molar-refractivity contribution in [2.75, 3.05) is 0 Å². The number of rotatable bonds is 1. The van der Waals surface area contributed by atoms with Crippen molar-refractivity contribution in [2.24, 2.45) is 0 Å². The van der Waals surface area contributed by atoms with Crippen LogP contribution in [-0.2, 0) is 17.6 Å². The average molecular weight is 172 g/mol. The molecule has 0 spiro atoms. The Labute approximate surface area is 78.1 Å². The van der Waals surface area contributed by atoms with Crippen LogP contribution in [0.25, 0.3) is 6.08 Å². The maximum atomic E-state index is 11.2. The van der Waals surface area contributed by atoms with E-state index in [1.165, 1.54) is 16.7 Å². The molecular weight excluding hydrogens is 160 g/mol. The van der Waals surface area contributed by atoms with E-state index in [2.05, 4.69) is 12.6 Å². The lowest BCUT2D eigenvalue weighted by Gasteiger charge is -2.16. The molecule has 1 aliphatic carbocycles. The van der Waals surface area contributed by atoms with Crippen molar-refractivity contribution in [3.63, 3.8) is 0 Å². The van der Waals surface area contributed by atoms with E-state index >= 15 is 0 Å². The van der Waals surface area contributed by atoms with Crippen LogP contribution in [0.4, 0.5) is 0 Å². The summed E-state index contributed by atoms with van der Waals surface area (Å²) in [5, 5.41) is 0. The molecule has 0 heterocycles. The molecule has 0 aromatic heterocycles. The summed E-state index contributed by atoms with van der Waals surface area (Å²) in [4.78, 5) is 11.2. The van der Waals surface area contributed by atoms with Crippen molar-refractivity contribution in [1.82, 2.24) is 0 Å².